The molecule has 22 nitrogen and oxygen atoms in total. The van der Waals surface area contributed by atoms with Crippen molar-refractivity contribution in [3.8, 4) is 0 Å². The maximum absolute atomic E-state index is 11.7. The highest BCUT2D eigenvalue weighted by molar-refractivity contribution is 7.87. The zero-order valence-corrected chi connectivity index (χ0v) is 79.3. The Hall–Kier alpha value is -11.5. The van der Waals surface area contributed by atoms with Gasteiger partial charge in [0.2, 0.25) is 0 Å². The van der Waals surface area contributed by atoms with Gasteiger partial charge in [-0.25, -0.2) is 29.0 Å². The Labute approximate surface area is 769 Å². The first-order valence-corrected chi connectivity index (χ1v) is 47.5. The molecule has 4 heterocycles. The number of anilines is 8. The molecule has 0 aromatic heterocycles. The number of nitrogens with zero attached hydrogens (tertiary/aromatic N) is 3. The summed E-state index contributed by atoms with van der Waals surface area (Å²) < 4.78 is 44.7. The molecular formula is C106H144N10O12S. The van der Waals surface area contributed by atoms with Gasteiger partial charge in [0, 0.05) is 111 Å². The molecule has 9 N–H and O–H groups in total. The summed E-state index contributed by atoms with van der Waals surface area (Å²) in [5.74, 6) is 0. The van der Waals surface area contributed by atoms with E-state index < -0.39 is 32.6 Å². The summed E-state index contributed by atoms with van der Waals surface area (Å²) in [4.78, 5) is 62.9. The van der Waals surface area contributed by atoms with Crippen LogP contribution in [0.1, 0.15) is 256 Å². The minimum absolute atomic E-state index is 0.249. The zero-order chi connectivity index (χ0) is 93.3. The second kappa shape index (κ2) is 55.4. The topological polar surface area (TPSA) is 285 Å². The molecule has 12 rings (SSSR count). The molecule has 0 aliphatic carbocycles. The number of alkyl carbamates (subject to hydrolysis) is 4. The summed E-state index contributed by atoms with van der Waals surface area (Å²) in [6, 6.07) is 67.8. The number of aliphatic hydroxyl groups is 1. The van der Waals surface area contributed by atoms with Crippen LogP contribution in [0.25, 0.3) is 48.6 Å². The van der Waals surface area contributed by atoms with Crippen molar-refractivity contribution in [2.24, 2.45) is 5.14 Å². The van der Waals surface area contributed by atoms with E-state index in [4.69, 9.17) is 29.2 Å². The number of rotatable bonds is 34. The van der Waals surface area contributed by atoms with Gasteiger partial charge in [-0.05, 0) is 240 Å². The van der Waals surface area contributed by atoms with E-state index in [9.17, 15) is 32.4 Å². The lowest BCUT2D eigenvalue weighted by molar-refractivity contribution is -0.108. The minimum atomic E-state index is -3.57. The van der Waals surface area contributed by atoms with Crippen molar-refractivity contribution in [3.63, 3.8) is 0 Å². The van der Waals surface area contributed by atoms with Gasteiger partial charge in [0.05, 0.1) is 0 Å². The number of hydrogen-bond acceptors (Lipinski definition) is 16. The number of nitrogens with one attached hydrogen (secondary N) is 6. The van der Waals surface area contributed by atoms with E-state index in [2.05, 4.69) is 277 Å². The molecule has 4 aliphatic heterocycles. The predicted octanol–water partition coefficient (Wildman–Crippen LogP) is 24.7. The smallest absolute Gasteiger partial charge is 0.407 e. The van der Waals surface area contributed by atoms with Crippen LogP contribution >= 0.6 is 0 Å². The van der Waals surface area contributed by atoms with E-state index in [0.717, 1.165) is 148 Å². The average Bonchev–Trinajstić information content (AvgIpc) is 1.71. The zero-order valence-electron chi connectivity index (χ0n) is 78.4. The fraction of sp³-hybridized carbons (Fsp3) is 0.425. The third-order valence-electron chi connectivity index (χ3n) is 20.3. The lowest BCUT2D eigenvalue weighted by Gasteiger charge is -2.27. The van der Waals surface area contributed by atoms with Crippen LogP contribution in [0.4, 0.5) is 64.7 Å². The van der Waals surface area contributed by atoms with Crippen LogP contribution in [0.5, 0.6) is 0 Å². The second-order valence-corrected chi connectivity index (χ2v) is 37.4. The number of hydrogen-bond donors (Lipinski definition) is 8. The van der Waals surface area contributed by atoms with Gasteiger partial charge >= 0.3 is 24.4 Å². The minimum Gasteiger partial charge on any atom is -0.444 e. The molecule has 4 aliphatic rings. The monoisotopic (exact) mass is 1780 g/mol. The third-order valence-corrected chi connectivity index (χ3v) is 20.9. The van der Waals surface area contributed by atoms with Crippen molar-refractivity contribution in [1.82, 2.24) is 26.0 Å². The Bertz CT molecular complexity index is 4640. The molecule has 23 heteroatoms. The van der Waals surface area contributed by atoms with E-state index in [1.165, 1.54) is 90.0 Å². The first-order valence-electron chi connectivity index (χ1n) is 46.0. The van der Waals surface area contributed by atoms with Gasteiger partial charge in [0.15, 0.2) is 0 Å². The lowest BCUT2D eigenvalue weighted by Crippen LogP contribution is -2.33. The number of aliphatic hydroxyl groups excluding tert-OH is 1. The molecule has 0 spiro atoms. The molecule has 4 amide bonds. The predicted molar refractivity (Wildman–Crippen MR) is 535 cm³/mol. The fourth-order valence-electron chi connectivity index (χ4n) is 14.3. The van der Waals surface area contributed by atoms with Gasteiger partial charge in [0.1, 0.15) is 28.7 Å². The van der Waals surface area contributed by atoms with Crippen LogP contribution in [0.15, 0.2) is 194 Å². The molecule has 696 valence electrons. The summed E-state index contributed by atoms with van der Waals surface area (Å²) in [5.41, 5.74) is 18.0. The van der Waals surface area contributed by atoms with Gasteiger partial charge < -0.3 is 70.1 Å². The Balaban J connectivity index is 0.000000217. The van der Waals surface area contributed by atoms with Crippen molar-refractivity contribution in [3.05, 3.63) is 239 Å². The molecule has 0 fully saturated rings. The van der Waals surface area contributed by atoms with Crippen molar-refractivity contribution in [2.45, 2.75) is 234 Å². The highest BCUT2D eigenvalue weighted by Gasteiger charge is 2.24. The van der Waals surface area contributed by atoms with Crippen LogP contribution in [0.3, 0.4) is 0 Å². The molecule has 0 saturated carbocycles. The van der Waals surface area contributed by atoms with E-state index in [0.29, 0.717) is 39.1 Å². The van der Waals surface area contributed by atoms with Gasteiger partial charge in [-0.15, -0.1) is 0 Å². The molecule has 0 radical (unpaired) electrons. The number of nitrogens with two attached hydrogens (primary N) is 1. The maximum Gasteiger partial charge on any atom is 0.407 e. The molecule has 0 bridgehead atoms. The SMILES string of the molecule is C1=Cc2ccccc2Nc2ccccc21.CC(C)(C)OC(=O)NCCCCCC=O.CC(C)(C)OC(=O)NCCCCCCN1c2ccccc2C=Cc2ccccc21.CC(C)(C)OC(=O)NCCCCCCN1c2ccccc2C=Cc2ccccc21.CC(C)(C)OC(=O)NCCCCCCO.NS(=O)(=O)NCCCCCCN1c2ccccc2C=Cc2ccccc21. The number of aldehydes is 1. The number of benzene rings is 8. The lowest BCUT2D eigenvalue weighted by atomic mass is 10.1. The summed E-state index contributed by atoms with van der Waals surface area (Å²) in [6.07, 6.45) is 36.5. The van der Waals surface area contributed by atoms with Crippen LogP contribution in [-0.2, 0) is 34.0 Å². The molecule has 0 saturated heterocycles. The fourth-order valence-corrected chi connectivity index (χ4v) is 14.8. The molecule has 8 aromatic rings. The molecule has 8 aromatic carbocycles. The van der Waals surface area contributed by atoms with E-state index in [1.54, 1.807) is 0 Å². The molecule has 0 atom stereocenters. The van der Waals surface area contributed by atoms with Crippen LogP contribution in [0, 0.1) is 0 Å². The quantitative estimate of drug-likeness (QED) is 0.0106. The number of ether oxygens (including phenoxy) is 4. The highest BCUT2D eigenvalue weighted by Crippen LogP contribution is 2.40. The molecule has 0 unspecified atom stereocenters. The summed E-state index contributed by atoms with van der Waals surface area (Å²) in [7, 11) is -3.57. The Morgan fingerprint density at radius 2 is 0.535 bits per heavy atom. The Morgan fingerprint density at radius 3 is 0.783 bits per heavy atom. The van der Waals surface area contributed by atoms with Crippen molar-refractivity contribution >= 4 is 135 Å². The number of para-hydroxylation sites is 8. The van der Waals surface area contributed by atoms with Crippen molar-refractivity contribution in [1.29, 1.82) is 0 Å². The second-order valence-electron chi connectivity index (χ2n) is 36.0. The van der Waals surface area contributed by atoms with Gasteiger partial charge in [-0.3, -0.25) is 0 Å². The first-order chi connectivity index (χ1) is 61.8. The highest BCUT2D eigenvalue weighted by atomic mass is 32.2. The van der Waals surface area contributed by atoms with E-state index in [-0.39, 0.29) is 31.0 Å². The van der Waals surface area contributed by atoms with Gasteiger partial charge in [-0.2, -0.15) is 8.42 Å². The Kier molecular flexibility index (Phi) is 44.9. The third kappa shape index (κ3) is 41.6. The van der Waals surface area contributed by atoms with E-state index >= 15 is 0 Å². The number of carbonyl (C=O) groups excluding carboxylic acids is 5. The summed E-state index contributed by atoms with van der Waals surface area (Å²) in [5, 5.41) is 27.9. The standard InChI is InChI=1S/2C25H32N2O2.C20H25N3O2S.C14H11N.C11H23NO3.C11H21NO3/c2*1-25(2,3)29-24(28)26-18-10-4-5-11-19-27-22-14-8-6-12-20(22)16-17-21-13-7-9-15-23(21)27;21-26(24,25)22-15-7-1-2-8-16-23-19-11-5-3-9-17(19)13-14-18-10-4-6-12-20(18)23;1-3-7-13-11(5-1)9-10-12-6-2-4-8-14(12)15-13;2*1-11(2,3)15-10(14)12-8-6-4-5-7-9-13/h2*6-9,12-17H,4-5,10-11,18-19H2,1-3H3,(H,26,28);3-6,9-14,22H,1-2,7-8,15-16H2,(H2,21,24,25);1-10,15H;13H,4-9H2,1-3H3,(H,12,14);9H,4-8H2,1-3H3,(H,12,14). The largest absolute Gasteiger partial charge is 0.444 e. The van der Waals surface area contributed by atoms with Gasteiger partial charge in [0.25, 0.3) is 10.2 Å². The summed E-state index contributed by atoms with van der Waals surface area (Å²) in [6.45, 7) is 28.4. The number of amides is 4. The Morgan fingerprint density at radius 1 is 0.318 bits per heavy atom. The molecular weight excluding hydrogens is 1640 g/mol. The number of carbonyl (C=O) groups is 5. The summed E-state index contributed by atoms with van der Waals surface area (Å²) >= 11 is 0. The van der Waals surface area contributed by atoms with Crippen LogP contribution in [-0.4, -0.2) is 126 Å². The van der Waals surface area contributed by atoms with Crippen molar-refractivity contribution in [2.75, 3.05) is 79.0 Å². The van der Waals surface area contributed by atoms with Gasteiger partial charge in [-0.1, -0.05) is 252 Å². The normalized spacial score (nSPS) is 12.4. The number of unbranched alkanes of at least 4 members (excludes halogenated alkanes) is 15. The first kappa shape index (κ1) is 105. The van der Waals surface area contributed by atoms with Crippen LogP contribution in [0.2, 0.25) is 0 Å². The number of fused-ring (bicyclic) bond motifs is 8. The molecule has 129 heavy (non-hydrogen) atoms. The maximum atomic E-state index is 11.7. The van der Waals surface area contributed by atoms with Crippen molar-refractivity contribution < 1.29 is 56.4 Å². The van der Waals surface area contributed by atoms with Crippen LogP contribution < -0.4 is 51.1 Å². The van der Waals surface area contributed by atoms with E-state index in [1.807, 2.05) is 95.2 Å². The average molecular weight is 1780 g/mol.